The van der Waals surface area contributed by atoms with Gasteiger partial charge in [-0.05, 0) is 6.42 Å². The molecule has 0 saturated heterocycles. The molecule has 0 amide bonds. The summed E-state index contributed by atoms with van der Waals surface area (Å²) in [6.45, 7) is 2.44. The minimum atomic E-state index is -4.26. The third-order valence-corrected chi connectivity index (χ3v) is 1.40. The fraction of sp³-hybridized carbons (Fsp3) is 1.00. The smallest absolute Gasteiger partial charge is 0.306 e. The van der Waals surface area contributed by atoms with Crippen LogP contribution in [0.4, 0.5) is 0 Å². The van der Waals surface area contributed by atoms with Crippen molar-refractivity contribution < 1.29 is 14.4 Å². The average molecular weight is 180 g/mol. The van der Waals surface area contributed by atoms with E-state index in [2.05, 4.69) is 10.00 Å². The van der Waals surface area contributed by atoms with E-state index < -0.39 is 7.75 Å². The van der Waals surface area contributed by atoms with E-state index in [0.717, 1.165) is 19.3 Å². The Morgan fingerprint density at radius 1 is 1.36 bits per heavy atom. The summed E-state index contributed by atoms with van der Waals surface area (Å²) in [5.74, 6) is 0. The molecule has 0 saturated carbocycles. The second-order valence-corrected chi connectivity index (χ2v) is 3.38. The molecule has 0 aromatic carbocycles. The Morgan fingerprint density at radius 2 is 2.00 bits per heavy atom. The van der Waals surface area contributed by atoms with E-state index in [4.69, 9.17) is 9.79 Å². The van der Waals surface area contributed by atoms with E-state index in [1.54, 1.807) is 0 Å². The van der Waals surface area contributed by atoms with Gasteiger partial charge in [0, 0.05) is 0 Å². The highest BCUT2D eigenvalue weighted by atomic mass is 31.2. The van der Waals surface area contributed by atoms with Crippen molar-refractivity contribution in [1.82, 2.24) is 0 Å². The molecule has 0 unspecified atom stereocenters. The minimum Gasteiger partial charge on any atom is -0.306 e. The van der Waals surface area contributed by atoms with Crippen LogP contribution in [-0.2, 0) is 4.57 Å². The fourth-order valence-electron chi connectivity index (χ4n) is 0.560. The molecule has 0 atom stereocenters. The Labute approximate surface area is 65.8 Å². The number of unbranched alkanes of at least 4 members (excludes halogenated alkanes) is 2. The van der Waals surface area contributed by atoms with Gasteiger partial charge in [-0.25, -0.2) is 4.57 Å². The molecule has 0 spiro atoms. The van der Waals surface area contributed by atoms with Crippen LogP contribution in [0.15, 0.2) is 10.00 Å². The van der Waals surface area contributed by atoms with Crippen LogP contribution in [0.25, 0.3) is 0 Å². The minimum absolute atomic E-state index is 0.402. The molecule has 0 heterocycles. The summed E-state index contributed by atoms with van der Waals surface area (Å²) < 4.78 is 10.1. The number of nitrogens with zero attached hydrogens (tertiary/aromatic N) is 2. The van der Waals surface area contributed by atoms with Crippen molar-refractivity contribution in [3.63, 3.8) is 0 Å². The summed E-state index contributed by atoms with van der Waals surface area (Å²) in [5, 5.41) is 3.34. The SMILES string of the molecule is CCCCC/N=N/P(=O)(O)O. The molecule has 0 aliphatic rings. The number of hydrogen-bond donors (Lipinski definition) is 2. The average Bonchev–Trinajstić information content (AvgIpc) is 1.85. The van der Waals surface area contributed by atoms with E-state index in [-0.39, 0.29) is 0 Å². The lowest BCUT2D eigenvalue weighted by Gasteiger charge is -1.92. The summed E-state index contributed by atoms with van der Waals surface area (Å²) in [7, 11) is -4.26. The highest BCUT2D eigenvalue weighted by Gasteiger charge is 2.08. The lowest BCUT2D eigenvalue weighted by Crippen LogP contribution is -1.79. The van der Waals surface area contributed by atoms with Crippen LogP contribution >= 0.6 is 7.75 Å². The van der Waals surface area contributed by atoms with Gasteiger partial charge in [-0.2, -0.15) is 5.11 Å². The van der Waals surface area contributed by atoms with Gasteiger partial charge < -0.3 is 9.79 Å². The second kappa shape index (κ2) is 5.41. The van der Waals surface area contributed by atoms with Crippen LogP contribution in [0.1, 0.15) is 26.2 Å². The second-order valence-electron chi connectivity index (χ2n) is 2.17. The van der Waals surface area contributed by atoms with Crippen LogP contribution in [0.3, 0.4) is 0 Å². The molecule has 0 fully saturated rings. The molecule has 5 nitrogen and oxygen atoms in total. The largest absolute Gasteiger partial charge is 0.466 e. The highest BCUT2D eigenvalue weighted by Crippen LogP contribution is 2.36. The van der Waals surface area contributed by atoms with Crippen LogP contribution < -0.4 is 0 Å². The van der Waals surface area contributed by atoms with Gasteiger partial charge in [0.05, 0.1) is 6.54 Å². The Kier molecular flexibility index (Phi) is 5.28. The Bertz CT molecular complexity index is 165. The maximum Gasteiger partial charge on any atom is 0.466 e. The van der Waals surface area contributed by atoms with Crippen molar-refractivity contribution in [2.75, 3.05) is 6.54 Å². The summed E-state index contributed by atoms with van der Waals surface area (Å²) in [5.41, 5.74) is 0. The van der Waals surface area contributed by atoms with E-state index in [9.17, 15) is 4.57 Å². The lowest BCUT2D eigenvalue weighted by molar-refractivity contribution is 0.371. The first-order valence-corrected chi connectivity index (χ1v) is 5.07. The van der Waals surface area contributed by atoms with Crippen LogP contribution in [0.5, 0.6) is 0 Å². The third-order valence-electron chi connectivity index (χ3n) is 1.04. The maximum absolute atomic E-state index is 10.1. The molecule has 0 aromatic heterocycles. The van der Waals surface area contributed by atoms with Crippen LogP contribution in [0, 0.1) is 0 Å². The van der Waals surface area contributed by atoms with Crippen molar-refractivity contribution in [1.29, 1.82) is 0 Å². The highest BCUT2D eigenvalue weighted by molar-refractivity contribution is 7.50. The van der Waals surface area contributed by atoms with Crippen LogP contribution in [-0.4, -0.2) is 16.3 Å². The predicted octanol–water partition coefficient (Wildman–Crippen LogP) is 1.72. The first-order valence-electron chi connectivity index (χ1n) is 3.51. The molecule has 0 aliphatic carbocycles. The zero-order valence-electron chi connectivity index (χ0n) is 6.47. The van der Waals surface area contributed by atoms with E-state index in [1.165, 1.54) is 0 Å². The predicted molar refractivity (Wildman–Crippen MR) is 41.3 cm³/mol. The van der Waals surface area contributed by atoms with Crippen molar-refractivity contribution in [3.05, 3.63) is 0 Å². The molecule has 0 rings (SSSR count). The Hall–Kier alpha value is -0.250. The van der Waals surface area contributed by atoms with Gasteiger partial charge in [0.2, 0.25) is 0 Å². The zero-order valence-corrected chi connectivity index (χ0v) is 7.37. The van der Waals surface area contributed by atoms with Gasteiger partial charge in [0.1, 0.15) is 0 Å². The number of rotatable bonds is 5. The van der Waals surface area contributed by atoms with Crippen molar-refractivity contribution in [3.8, 4) is 0 Å². The first-order chi connectivity index (χ1) is 5.06. The van der Waals surface area contributed by atoms with Crippen molar-refractivity contribution >= 4 is 7.75 Å². The summed E-state index contributed by atoms with van der Waals surface area (Å²) >= 11 is 0. The third kappa shape index (κ3) is 9.75. The van der Waals surface area contributed by atoms with E-state index in [0.29, 0.717) is 6.54 Å². The Morgan fingerprint density at radius 3 is 2.45 bits per heavy atom. The monoisotopic (exact) mass is 180 g/mol. The molecular formula is C5H13N2O3P. The standard InChI is InChI=1S/C5H13N2O3P/c1-2-3-4-5-6-7-11(8,9)10/h2-5H2,1H3,(H2,8,9,10)/b7-6+. The summed E-state index contributed by atoms with van der Waals surface area (Å²) in [6.07, 6.45) is 2.91. The molecule has 2 N–H and O–H groups in total. The molecule has 66 valence electrons. The summed E-state index contributed by atoms with van der Waals surface area (Å²) in [4.78, 5) is 19.3. The molecule has 0 radical (unpaired) electrons. The lowest BCUT2D eigenvalue weighted by atomic mass is 10.3. The molecular weight excluding hydrogens is 167 g/mol. The van der Waals surface area contributed by atoms with E-state index in [1.807, 2.05) is 6.92 Å². The topological polar surface area (TPSA) is 82.2 Å². The van der Waals surface area contributed by atoms with Gasteiger partial charge in [0.15, 0.2) is 0 Å². The van der Waals surface area contributed by atoms with Gasteiger partial charge in [-0.15, -0.1) is 0 Å². The zero-order chi connectivity index (χ0) is 8.74. The van der Waals surface area contributed by atoms with Crippen molar-refractivity contribution in [2.45, 2.75) is 26.2 Å². The maximum atomic E-state index is 10.1. The molecule has 0 aliphatic heterocycles. The van der Waals surface area contributed by atoms with E-state index >= 15 is 0 Å². The fourth-order valence-corrected chi connectivity index (χ4v) is 0.814. The molecule has 0 bridgehead atoms. The van der Waals surface area contributed by atoms with Gasteiger partial charge >= 0.3 is 7.75 Å². The number of hydrogen-bond acceptors (Lipinski definition) is 2. The normalized spacial score (nSPS) is 12.6. The van der Waals surface area contributed by atoms with Crippen molar-refractivity contribution in [2.24, 2.45) is 10.00 Å². The summed E-state index contributed by atoms with van der Waals surface area (Å²) in [6, 6.07) is 0. The molecule has 0 aromatic rings. The van der Waals surface area contributed by atoms with Crippen LogP contribution in [0.2, 0.25) is 0 Å². The molecule has 11 heavy (non-hydrogen) atoms. The first kappa shape index (κ1) is 10.8. The van der Waals surface area contributed by atoms with Gasteiger partial charge in [-0.1, -0.05) is 24.7 Å². The quantitative estimate of drug-likeness (QED) is 0.384. The molecule has 6 heteroatoms. The van der Waals surface area contributed by atoms with Gasteiger partial charge in [0.25, 0.3) is 0 Å². The van der Waals surface area contributed by atoms with Gasteiger partial charge in [-0.3, -0.25) is 0 Å². The Balaban J connectivity index is 3.38.